The molecule has 10 nitrogen and oxygen atoms in total. The highest BCUT2D eigenvalue weighted by Gasteiger charge is 2.40. The van der Waals surface area contributed by atoms with Gasteiger partial charge in [0, 0.05) is 68.9 Å². The number of aliphatic hydroxyl groups is 1. The lowest BCUT2D eigenvalue weighted by Crippen LogP contribution is -2.40. The van der Waals surface area contributed by atoms with Gasteiger partial charge in [0.15, 0.2) is 5.65 Å². The summed E-state index contributed by atoms with van der Waals surface area (Å²) in [5, 5.41) is 18.0. The van der Waals surface area contributed by atoms with E-state index in [9.17, 15) is 9.90 Å². The Labute approximate surface area is 222 Å². The maximum atomic E-state index is 13.1. The number of rotatable bonds is 7. The zero-order chi connectivity index (χ0) is 26.2. The van der Waals surface area contributed by atoms with Gasteiger partial charge in [0.25, 0.3) is 5.91 Å². The van der Waals surface area contributed by atoms with E-state index in [2.05, 4.69) is 34.5 Å². The third-order valence-electron chi connectivity index (χ3n) is 7.92. The van der Waals surface area contributed by atoms with Crippen LogP contribution in [0.4, 0.5) is 11.6 Å². The summed E-state index contributed by atoms with van der Waals surface area (Å²) in [5.74, 6) is 1.80. The number of aliphatic hydroxyl groups excluding tert-OH is 1. The Morgan fingerprint density at radius 2 is 1.92 bits per heavy atom. The molecule has 0 aliphatic carbocycles. The molecular weight excluding hydrogens is 482 g/mol. The first kappa shape index (κ1) is 25.0. The Morgan fingerprint density at radius 1 is 1.16 bits per heavy atom. The van der Waals surface area contributed by atoms with Crippen molar-refractivity contribution in [2.24, 2.45) is 11.8 Å². The molecule has 0 radical (unpaired) electrons. The fourth-order valence-electron chi connectivity index (χ4n) is 6.00. The molecule has 200 valence electrons. The molecule has 2 aromatic heterocycles. The highest BCUT2D eigenvalue weighted by Crippen LogP contribution is 2.31. The number of carbonyl (C=O) groups excluding carboxylic acids is 1. The van der Waals surface area contributed by atoms with E-state index in [0.717, 1.165) is 49.5 Å². The number of hydrogen-bond acceptors (Lipinski definition) is 8. The standard InChI is InChI=1S/C28H35N7O3/c1-3-38-28(37)33-13-10-19(11-14-33)24-5-4-12-35-25(24)30-27(31-35)29-23-8-6-20(7-9-23)26(36)34-17-21-15-32(2)16-22(21)18-34/h4-10,12,21-22,28,37H,3,11,13-18H2,1-2H3,(H,29,31). The highest BCUT2D eigenvalue weighted by atomic mass is 16.6. The molecule has 0 saturated carbocycles. The number of likely N-dealkylation sites (tertiary alicyclic amines) is 2. The predicted molar refractivity (Wildman–Crippen MR) is 145 cm³/mol. The summed E-state index contributed by atoms with van der Waals surface area (Å²) in [6, 6.07) is 11.6. The van der Waals surface area contributed by atoms with Gasteiger partial charge in [-0.25, -0.2) is 4.52 Å². The van der Waals surface area contributed by atoms with E-state index in [1.165, 1.54) is 5.57 Å². The van der Waals surface area contributed by atoms with E-state index in [0.29, 0.717) is 43.0 Å². The first-order valence-electron chi connectivity index (χ1n) is 13.4. The van der Waals surface area contributed by atoms with Crippen LogP contribution in [0.2, 0.25) is 0 Å². The third-order valence-corrected chi connectivity index (χ3v) is 7.92. The van der Waals surface area contributed by atoms with Crippen molar-refractivity contribution in [2.45, 2.75) is 19.8 Å². The van der Waals surface area contributed by atoms with Crippen LogP contribution in [0.25, 0.3) is 11.2 Å². The summed E-state index contributed by atoms with van der Waals surface area (Å²) in [6.45, 7) is 7.52. The molecule has 2 fully saturated rings. The minimum Gasteiger partial charge on any atom is -0.356 e. The molecule has 5 heterocycles. The normalized spacial score (nSPS) is 23.0. The summed E-state index contributed by atoms with van der Waals surface area (Å²) in [4.78, 5) is 24.1. The molecular formula is C28H35N7O3. The topological polar surface area (TPSA) is 98.5 Å². The van der Waals surface area contributed by atoms with Gasteiger partial charge in [0.1, 0.15) is 0 Å². The van der Waals surface area contributed by atoms with Crippen LogP contribution in [0.5, 0.6) is 0 Å². The van der Waals surface area contributed by atoms with E-state index in [4.69, 9.17) is 9.72 Å². The largest absolute Gasteiger partial charge is 0.356 e. The van der Waals surface area contributed by atoms with Crippen molar-refractivity contribution < 1.29 is 14.6 Å². The second kappa shape index (κ2) is 10.5. The van der Waals surface area contributed by atoms with Gasteiger partial charge in [0.2, 0.25) is 12.4 Å². The summed E-state index contributed by atoms with van der Waals surface area (Å²) < 4.78 is 7.09. The second-order valence-corrected chi connectivity index (χ2v) is 10.5. The van der Waals surface area contributed by atoms with Crippen molar-refractivity contribution in [1.82, 2.24) is 29.3 Å². The molecule has 3 aromatic rings. The molecule has 1 amide bonds. The van der Waals surface area contributed by atoms with Crippen LogP contribution >= 0.6 is 0 Å². The average Bonchev–Trinajstić information content (AvgIpc) is 3.61. The summed E-state index contributed by atoms with van der Waals surface area (Å²) in [7, 11) is 2.16. The molecule has 3 aliphatic heterocycles. The highest BCUT2D eigenvalue weighted by molar-refractivity contribution is 5.94. The Morgan fingerprint density at radius 3 is 2.61 bits per heavy atom. The van der Waals surface area contributed by atoms with Gasteiger partial charge in [-0.05, 0) is 74.2 Å². The molecule has 2 N–H and O–H groups in total. The first-order valence-corrected chi connectivity index (χ1v) is 13.4. The van der Waals surface area contributed by atoms with E-state index >= 15 is 0 Å². The van der Waals surface area contributed by atoms with Crippen molar-refractivity contribution >= 4 is 28.8 Å². The zero-order valence-corrected chi connectivity index (χ0v) is 22.0. The summed E-state index contributed by atoms with van der Waals surface area (Å²) in [6.07, 6.45) is 3.90. The van der Waals surface area contributed by atoms with Crippen LogP contribution in [0.1, 0.15) is 29.3 Å². The molecule has 2 saturated heterocycles. The maximum Gasteiger partial charge on any atom is 0.253 e. The monoisotopic (exact) mass is 517 g/mol. The molecule has 3 aliphatic rings. The molecule has 38 heavy (non-hydrogen) atoms. The fraction of sp³-hybridized carbons (Fsp3) is 0.464. The number of aromatic nitrogens is 3. The van der Waals surface area contributed by atoms with E-state index < -0.39 is 6.41 Å². The van der Waals surface area contributed by atoms with Gasteiger partial charge in [0.05, 0.1) is 0 Å². The van der Waals surface area contributed by atoms with Crippen LogP contribution in [0.15, 0.2) is 48.7 Å². The average molecular weight is 518 g/mol. The Balaban J connectivity index is 1.13. The molecule has 10 heteroatoms. The second-order valence-electron chi connectivity index (χ2n) is 10.5. The van der Waals surface area contributed by atoms with E-state index in [1.807, 2.05) is 53.3 Å². The molecule has 3 atom stereocenters. The van der Waals surface area contributed by atoms with E-state index in [-0.39, 0.29) is 5.91 Å². The minimum atomic E-state index is -0.879. The lowest BCUT2D eigenvalue weighted by Gasteiger charge is -2.30. The number of pyridine rings is 1. The van der Waals surface area contributed by atoms with Crippen molar-refractivity contribution in [3.8, 4) is 0 Å². The van der Waals surface area contributed by atoms with Gasteiger partial charge < -0.3 is 25.0 Å². The van der Waals surface area contributed by atoms with Crippen LogP contribution in [-0.4, -0.2) is 99.6 Å². The predicted octanol–water partition coefficient (Wildman–Crippen LogP) is 2.51. The Kier molecular flexibility index (Phi) is 6.87. The van der Waals surface area contributed by atoms with Gasteiger partial charge >= 0.3 is 0 Å². The Bertz CT molecular complexity index is 1320. The number of hydrogen-bond donors (Lipinski definition) is 2. The zero-order valence-electron chi connectivity index (χ0n) is 22.0. The number of ether oxygens (including phenoxy) is 1. The number of nitrogens with zero attached hydrogens (tertiary/aromatic N) is 6. The molecule has 0 bridgehead atoms. The number of nitrogens with one attached hydrogen (secondary N) is 1. The molecule has 3 unspecified atom stereocenters. The van der Waals surface area contributed by atoms with Crippen LogP contribution < -0.4 is 5.32 Å². The van der Waals surface area contributed by atoms with Gasteiger partial charge in [-0.15, -0.1) is 5.10 Å². The number of fused-ring (bicyclic) bond motifs is 2. The van der Waals surface area contributed by atoms with Crippen molar-refractivity contribution in [2.75, 3.05) is 58.2 Å². The van der Waals surface area contributed by atoms with Crippen LogP contribution in [-0.2, 0) is 4.74 Å². The van der Waals surface area contributed by atoms with Crippen molar-refractivity contribution in [3.63, 3.8) is 0 Å². The quantitative estimate of drug-likeness (QED) is 0.462. The summed E-state index contributed by atoms with van der Waals surface area (Å²) >= 11 is 0. The number of carbonyl (C=O) groups is 1. The number of anilines is 2. The Hall–Kier alpha value is -3.31. The molecule has 1 aromatic carbocycles. The number of amides is 1. The van der Waals surface area contributed by atoms with E-state index in [1.54, 1.807) is 4.52 Å². The van der Waals surface area contributed by atoms with Gasteiger partial charge in [-0.3, -0.25) is 9.69 Å². The molecule has 6 rings (SSSR count). The van der Waals surface area contributed by atoms with Crippen LogP contribution in [0.3, 0.4) is 0 Å². The van der Waals surface area contributed by atoms with Gasteiger partial charge in [-0.1, -0.05) is 6.08 Å². The minimum absolute atomic E-state index is 0.109. The van der Waals surface area contributed by atoms with Gasteiger partial charge in [-0.2, -0.15) is 4.98 Å². The lowest BCUT2D eigenvalue weighted by atomic mass is 10.0. The third kappa shape index (κ3) is 4.92. The summed E-state index contributed by atoms with van der Waals surface area (Å²) in [5.41, 5.74) is 4.52. The van der Waals surface area contributed by atoms with Crippen molar-refractivity contribution in [3.05, 3.63) is 59.8 Å². The lowest BCUT2D eigenvalue weighted by molar-refractivity contribution is -0.187. The molecule has 0 spiro atoms. The van der Waals surface area contributed by atoms with Crippen molar-refractivity contribution in [1.29, 1.82) is 0 Å². The van der Waals surface area contributed by atoms with Crippen LogP contribution in [0, 0.1) is 11.8 Å². The SMILES string of the molecule is CCOC(O)N1CC=C(c2cccn3nc(Nc4ccc(C(=O)N5CC6CN(C)CC6C5)cc4)nc23)CC1. The number of benzene rings is 1. The maximum absolute atomic E-state index is 13.1. The smallest absolute Gasteiger partial charge is 0.253 e. The fourth-order valence-corrected chi connectivity index (χ4v) is 6.00. The first-order chi connectivity index (χ1) is 18.5.